The summed E-state index contributed by atoms with van der Waals surface area (Å²) < 4.78 is 11.2. The lowest BCUT2D eigenvalue weighted by molar-refractivity contribution is -0.127. The Hall–Kier alpha value is -0.120. The van der Waals surface area contributed by atoms with Crippen molar-refractivity contribution in [3.63, 3.8) is 0 Å². The average Bonchev–Trinajstić information content (AvgIpc) is 2.21. The average molecular weight is 203 g/mol. The van der Waals surface area contributed by atoms with E-state index in [0.29, 0.717) is 0 Å². The summed E-state index contributed by atoms with van der Waals surface area (Å²) in [6.45, 7) is 9.97. The van der Waals surface area contributed by atoms with Crippen molar-refractivity contribution >= 4 is 0 Å². The molecule has 0 fully saturated rings. The molecule has 0 aromatic carbocycles. The van der Waals surface area contributed by atoms with Gasteiger partial charge in [-0.1, -0.05) is 13.8 Å². The molecule has 0 heterocycles. The zero-order valence-corrected chi connectivity index (χ0v) is 10.2. The summed E-state index contributed by atoms with van der Waals surface area (Å²) in [4.78, 5) is 2.10. The van der Waals surface area contributed by atoms with Crippen molar-refractivity contribution in [1.82, 2.24) is 4.90 Å². The highest BCUT2D eigenvalue weighted by Gasteiger charge is 2.15. The second kappa shape index (κ2) is 8.21. The second-order valence-corrected chi connectivity index (χ2v) is 3.61. The minimum atomic E-state index is 0.127. The van der Waals surface area contributed by atoms with Crippen LogP contribution in [0.5, 0.6) is 0 Å². The van der Waals surface area contributed by atoms with E-state index in [1.807, 2.05) is 7.05 Å². The summed E-state index contributed by atoms with van der Waals surface area (Å²) in [5.41, 5.74) is 0. The molecule has 0 aromatic heterocycles. The topological polar surface area (TPSA) is 21.7 Å². The number of hydrogen-bond donors (Lipinski definition) is 0. The van der Waals surface area contributed by atoms with Crippen LogP contribution >= 0.6 is 0 Å². The molecule has 0 aliphatic rings. The van der Waals surface area contributed by atoms with E-state index in [1.54, 1.807) is 0 Å². The predicted octanol–water partition coefficient (Wildman–Crippen LogP) is 2.46. The Morgan fingerprint density at radius 1 is 0.929 bits per heavy atom. The third kappa shape index (κ3) is 5.58. The first-order valence-electron chi connectivity index (χ1n) is 5.58. The molecule has 0 aliphatic carbocycles. The zero-order valence-electron chi connectivity index (χ0n) is 10.2. The number of ether oxygens (including phenoxy) is 2. The van der Waals surface area contributed by atoms with Gasteiger partial charge in [0.1, 0.15) is 12.5 Å². The Morgan fingerprint density at radius 2 is 1.29 bits per heavy atom. The molecule has 0 spiro atoms. The van der Waals surface area contributed by atoms with Crippen molar-refractivity contribution in [2.75, 3.05) is 20.3 Å². The Balaban J connectivity index is 3.72. The van der Waals surface area contributed by atoms with Crippen LogP contribution in [-0.2, 0) is 9.47 Å². The lowest BCUT2D eigenvalue weighted by Crippen LogP contribution is -2.40. The Labute approximate surface area is 88.4 Å². The molecule has 0 radical (unpaired) electrons. The highest BCUT2D eigenvalue weighted by atomic mass is 16.5. The van der Waals surface area contributed by atoms with Gasteiger partial charge in [-0.05, 0) is 33.7 Å². The molecule has 3 nitrogen and oxygen atoms in total. The minimum Gasteiger partial charge on any atom is -0.363 e. The second-order valence-electron chi connectivity index (χ2n) is 3.61. The lowest BCUT2D eigenvalue weighted by atomic mass is 10.4. The molecule has 2 atom stereocenters. The van der Waals surface area contributed by atoms with Crippen molar-refractivity contribution in [1.29, 1.82) is 0 Å². The summed E-state index contributed by atoms with van der Waals surface area (Å²) in [7, 11) is 2.03. The lowest BCUT2D eigenvalue weighted by Gasteiger charge is -2.30. The zero-order chi connectivity index (χ0) is 11.0. The van der Waals surface area contributed by atoms with Crippen LogP contribution in [0.4, 0.5) is 0 Å². The van der Waals surface area contributed by atoms with Crippen LogP contribution in [0.3, 0.4) is 0 Å². The fraction of sp³-hybridized carbons (Fsp3) is 1.00. The van der Waals surface area contributed by atoms with E-state index in [1.165, 1.54) is 0 Å². The van der Waals surface area contributed by atoms with Gasteiger partial charge in [-0.15, -0.1) is 0 Å². The molecular weight excluding hydrogens is 178 g/mol. The van der Waals surface area contributed by atoms with E-state index in [0.717, 1.165) is 26.1 Å². The van der Waals surface area contributed by atoms with Crippen LogP contribution in [0.1, 0.15) is 40.5 Å². The molecule has 0 saturated heterocycles. The summed E-state index contributed by atoms with van der Waals surface area (Å²) in [6, 6.07) is 0. The van der Waals surface area contributed by atoms with Crippen LogP contribution in [0.25, 0.3) is 0 Å². The van der Waals surface area contributed by atoms with Gasteiger partial charge < -0.3 is 9.47 Å². The normalized spacial score (nSPS) is 15.9. The van der Waals surface area contributed by atoms with E-state index >= 15 is 0 Å². The van der Waals surface area contributed by atoms with Crippen LogP contribution in [0, 0.1) is 0 Å². The summed E-state index contributed by atoms with van der Waals surface area (Å²) in [5, 5.41) is 0. The first-order valence-corrected chi connectivity index (χ1v) is 5.58. The fourth-order valence-electron chi connectivity index (χ4n) is 1.11. The smallest absolute Gasteiger partial charge is 0.109 e. The number of nitrogens with zero attached hydrogens (tertiary/aromatic N) is 1. The molecular formula is C11H25NO2. The van der Waals surface area contributed by atoms with Crippen molar-refractivity contribution in [2.45, 2.75) is 53.0 Å². The largest absolute Gasteiger partial charge is 0.363 e. The van der Waals surface area contributed by atoms with E-state index < -0.39 is 0 Å². The SMILES string of the molecule is CCCOC(C)N(C)C(C)OCCC. The van der Waals surface area contributed by atoms with E-state index in [-0.39, 0.29) is 12.5 Å². The predicted molar refractivity (Wildman–Crippen MR) is 59.2 cm³/mol. The number of hydrogen-bond acceptors (Lipinski definition) is 3. The van der Waals surface area contributed by atoms with E-state index in [4.69, 9.17) is 9.47 Å². The van der Waals surface area contributed by atoms with Gasteiger partial charge in [0.05, 0.1) is 0 Å². The Morgan fingerprint density at radius 3 is 1.57 bits per heavy atom. The first kappa shape index (κ1) is 13.9. The highest BCUT2D eigenvalue weighted by molar-refractivity contribution is 4.55. The van der Waals surface area contributed by atoms with Gasteiger partial charge in [-0.2, -0.15) is 0 Å². The van der Waals surface area contributed by atoms with E-state index in [2.05, 4.69) is 32.6 Å². The van der Waals surface area contributed by atoms with Crippen molar-refractivity contribution in [3.05, 3.63) is 0 Å². The van der Waals surface area contributed by atoms with Gasteiger partial charge in [0, 0.05) is 13.2 Å². The molecule has 14 heavy (non-hydrogen) atoms. The molecule has 0 saturated carbocycles. The molecule has 0 rings (SSSR count). The summed E-state index contributed by atoms with van der Waals surface area (Å²) >= 11 is 0. The monoisotopic (exact) mass is 203 g/mol. The van der Waals surface area contributed by atoms with Crippen LogP contribution < -0.4 is 0 Å². The maximum atomic E-state index is 5.60. The van der Waals surface area contributed by atoms with Gasteiger partial charge in [-0.25, -0.2) is 0 Å². The fourth-order valence-corrected chi connectivity index (χ4v) is 1.11. The number of rotatable bonds is 8. The molecule has 3 heteroatoms. The Bertz CT molecular complexity index is 116. The molecule has 86 valence electrons. The van der Waals surface area contributed by atoms with Crippen LogP contribution in [0.15, 0.2) is 0 Å². The van der Waals surface area contributed by atoms with E-state index in [9.17, 15) is 0 Å². The quantitative estimate of drug-likeness (QED) is 0.566. The summed E-state index contributed by atoms with van der Waals surface area (Å²) in [5.74, 6) is 0. The standard InChI is InChI=1S/C11H25NO2/c1-6-8-13-10(3)12(5)11(4)14-9-7-2/h10-11H,6-9H2,1-5H3. The third-order valence-electron chi connectivity index (χ3n) is 2.27. The first-order chi connectivity index (χ1) is 6.63. The molecule has 0 N–H and O–H groups in total. The van der Waals surface area contributed by atoms with Crippen molar-refractivity contribution in [3.8, 4) is 0 Å². The highest BCUT2D eigenvalue weighted by Crippen LogP contribution is 2.05. The third-order valence-corrected chi connectivity index (χ3v) is 2.27. The molecule has 0 aliphatic heterocycles. The molecule has 2 unspecified atom stereocenters. The Kier molecular flexibility index (Phi) is 8.14. The molecule has 0 bridgehead atoms. The maximum absolute atomic E-state index is 5.60. The minimum absolute atomic E-state index is 0.127. The van der Waals surface area contributed by atoms with Gasteiger partial charge in [0.25, 0.3) is 0 Å². The molecule has 0 amide bonds. The van der Waals surface area contributed by atoms with Gasteiger partial charge in [-0.3, -0.25) is 4.90 Å². The van der Waals surface area contributed by atoms with Gasteiger partial charge in [0.15, 0.2) is 0 Å². The van der Waals surface area contributed by atoms with Crippen molar-refractivity contribution < 1.29 is 9.47 Å². The van der Waals surface area contributed by atoms with Crippen LogP contribution in [0.2, 0.25) is 0 Å². The van der Waals surface area contributed by atoms with Gasteiger partial charge >= 0.3 is 0 Å². The van der Waals surface area contributed by atoms with Crippen LogP contribution in [-0.4, -0.2) is 37.6 Å². The molecule has 0 aromatic rings. The summed E-state index contributed by atoms with van der Waals surface area (Å²) in [6.07, 6.45) is 2.37. The maximum Gasteiger partial charge on any atom is 0.109 e. The van der Waals surface area contributed by atoms with Crippen molar-refractivity contribution in [2.24, 2.45) is 0 Å². The van der Waals surface area contributed by atoms with Gasteiger partial charge in [0.2, 0.25) is 0 Å².